The van der Waals surface area contributed by atoms with E-state index in [1.807, 2.05) is 32.0 Å². The molecule has 178 valence electrons. The topological polar surface area (TPSA) is 90.8 Å². The van der Waals surface area contributed by atoms with Crippen molar-refractivity contribution in [3.63, 3.8) is 0 Å². The maximum absolute atomic E-state index is 13.5. The molecule has 2 amide bonds. The molecule has 4 rings (SSSR count). The van der Waals surface area contributed by atoms with E-state index in [-0.39, 0.29) is 11.7 Å². The van der Waals surface area contributed by atoms with Gasteiger partial charge in [-0.2, -0.15) is 0 Å². The zero-order valence-corrected chi connectivity index (χ0v) is 19.7. The molecule has 0 aliphatic carbocycles. The standard InChI is InChI=1S/C27H30FN3O3/c1-16-4-6-20(17(2)12-16)26-21-15-25(34-11-9-18-5-7-22(28)23(29)13-18)24(33-3)14-19(21)8-10-31(26)27(30)32/h4-7,12-15,26H,8-11,29H2,1-3H3,(H2,30,32). The molecule has 1 unspecified atom stereocenters. The monoisotopic (exact) mass is 463 g/mol. The summed E-state index contributed by atoms with van der Waals surface area (Å²) in [6.07, 6.45) is 1.23. The van der Waals surface area contributed by atoms with Gasteiger partial charge in [0.25, 0.3) is 0 Å². The second-order valence-corrected chi connectivity index (χ2v) is 8.70. The van der Waals surface area contributed by atoms with Crippen molar-refractivity contribution in [3.05, 3.63) is 87.7 Å². The molecule has 7 heteroatoms. The molecule has 0 fully saturated rings. The zero-order valence-electron chi connectivity index (χ0n) is 19.7. The number of rotatable bonds is 6. The van der Waals surface area contributed by atoms with E-state index in [1.165, 1.54) is 6.07 Å². The van der Waals surface area contributed by atoms with Crippen molar-refractivity contribution in [2.45, 2.75) is 32.7 Å². The Morgan fingerprint density at radius 3 is 2.56 bits per heavy atom. The van der Waals surface area contributed by atoms with Gasteiger partial charge < -0.3 is 25.8 Å². The van der Waals surface area contributed by atoms with Crippen molar-refractivity contribution in [1.29, 1.82) is 0 Å². The lowest BCUT2D eigenvalue weighted by Crippen LogP contribution is -2.43. The van der Waals surface area contributed by atoms with Gasteiger partial charge in [0.05, 0.1) is 25.4 Å². The molecule has 1 aliphatic rings. The van der Waals surface area contributed by atoms with Gasteiger partial charge in [-0.3, -0.25) is 0 Å². The van der Waals surface area contributed by atoms with Crippen LogP contribution in [0.25, 0.3) is 0 Å². The highest BCUT2D eigenvalue weighted by atomic mass is 19.1. The summed E-state index contributed by atoms with van der Waals surface area (Å²) < 4.78 is 25.2. The van der Waals surface area contributed by atoms with Gasteiger partial charge in [-0.1, -0.05) is 29.8 Å². The van der Waals surface area contributed by atoms with E-state index in [0.717, 1.165) is 33.4 Å². The SMILES string of the molecule is COc1cc2c(cc1OCCc1ccc(F)c(N)c1)C(c1ccc(C)cc1C)N(C(N)=O)CC2. The number of amides is 2. The third-order valence-corrected chi connectivity index (χ3v) is 6.37. The van der Waals surface area contributed by atoms with Gasteiger partial charge in [-0.25, -0.2) is 9.18 Å². The Kier molecular flexibility index (Phi) is 6.63. The van der Waals surface area contributed by atoms with Crippen LogP contribution in [0.5, 0.6) is 11.5 Å². The average molecular weight is 464 g/mol. The molecular weight excluding hydrogens is 433 g/mol. The van der Waals surface area contributed by atoms with Crippen LogP contribution in [0.1, 0.15) is 39.4 Å². The number of nitrogen functional groups attached to an aromatic ring is 1. The third-order valence-electron chi connectivity index (χ3n) is 6.37. The van der Waals surface area contributed by atoms with Gasteiger partial charge in [-0.15, -0.1) is 0 Å². The molecule has 0 saturated heterocycles. The fourth-order valence-corrected chi connectivity index (χ4v) is 4.63. The summed E-state index contributed by atoms with van der Waals surface area (Å²) in [4.78, 5) is 14.1. The van der Waals surface area contributed by atoms with Crippen LogP contribution < -0.4 is 20.9 Å². The molecule has 1 heterocycles. The minimum absolute atomic E-state index is 0.117. The van der Waals surface area contributed by atoms with Crippen molar-refractivity contribution >= 4 is 11.7 Å². The first-order valence-corrected chi connectivity index (χ1v) is 11.3. The Labute approximate surface area is 199 Å². The Balaban J connectivity index is 1.68. The molecule has 0 bridgehead atoms. The minimum atomic E-state index is -0.456. The predicted octanol–water partition coefficient (Wildman–Crippen LogP) is 4.68. The second kappa shape index (κ2) is 9.63. The van der Waals surface area contributed by atoms with Crippen molar-refractivity contribution in [1.82, 2.24) is 4.90 Å². The average Bonchev–Trinajstić information content (AvgIpc) is 2.80. The molecule has 3 aromatic rings. The van der Waals surface area contributed by atoms with Crippen LogP contribution >= 0.6 is 0 Å². The van der Waals surface area contributed by atoms with Crippen molar-refractivity contribution in [2.75, 3.05) is 26.0 Å². The molecule has 1 atom stereocenters. The zero-order chi connectivity index (χ0) is 24.4. The Hall–Kier alpha value is -3.74. The van der Waals surface area contributed by atoms with E-state index in [1.54, 1.807) is 24.1 Å². The van der Waals surface area contributed by atoms with Crippen LogP contribution in [0.15, 0.2) is 48.5 Å². The number of ether oxygens (including phenoxy) is 2. The normalized spacial score (nSPS) is 15.1. The number of hydrogen-bond acceptors (Lipinski definition) is 4. The first-order valence-electron chi connectivity index (χ1n) is 11.3. The summed E-state index contributed by atoms with van der Waals surface area (Å²) in [5.74, 6) is 0.777. The van der Waals surface area contributed by atoms with Crippen molar-refractivity contribution in [3.8, 4) is 11.5 Å². The molecule has 1 aliphatic heterocycles. The number of halogens is 1. The third kappa shape index (κ3) is 4.64. The van der Waals surface area contributed by atoms with E-state index in [0.29, 0.717) is 37.5 Å². The van der Waals surface area contributed by atoms with E-state index in [4.69, 9.17) is 20.9 Å². The number of nitrogens with two attached hydrogens (primary N) is 2. The van der Waals surface area contributed by atoms with Crippen molar-refractivity contribution in [2.24, 2.45) is 5.73 Å². The van der Waals surface area contributed by atoms with Crippen LogP contribution in [0, 0.1) is 19.7 Å². The molecule has 0 radical (unpaired) electrons. The number of hydrogen-bond donors (Lipinski definition) is 2. The number of aryl methyl sites for hydroxylation is 2. The number of primary amides is 1. The molecule has 0 spiro atoms. The number of carbonyl (C=O) groups excluding carboxylic acids is 1. The first kappa shape index (κ1) is 23.4. The summed E-state index contributed by atoms with van der Waals surface area (Å²) in [6.45, 7) is 4.97. The summed E-state index contributed by atoms with van der Waals surface area (Å²) in [7, 11) is 1.61. The van der Waals surface area contributed by atoms with E-state index < -0.39 is 11.8 Å². The number of carbonyl (C=O) groups is 1. The molecule has 6 nitrogen and oxygen atoms in total. The highest BCUT2D eigenvalue weighted by molar-refractivity contribution is 5.74. The van der Waals surface area contributed by atoms with Crippen molar-refractivity contribution < 1.29 is 18.7 Å². The Morgan fingerprint density at radius 1 is 1.09 bits per heavy atom. The molecule has 0 saturated carbocycles. The lowest BCUT2D eigenvalue weighted by molar-refractivity contribution is 0.189. The van der Waals surface area contributed by atoms with E-state index in [9.17, 15) is 9.18 Å². The number of anilines is 1. The summed E-state index contributed by atoms with van der Waals surface area (Å²) in [5.41, 5.74) is 17.8. The summed E-state index contributed by atoms with van der Waals surface area (Å²) in [6, 6.07) is 14.0. The van der Waals surface area contributed by atoms with Crippen LogP contribution in [0.2, 0.25) is 0 Å². The molecule has 4 N–H and O–H groups in total. The van der Waals surface area contributed by atoms with E-state index >= 15 is 0 Å². The fraction of sp³-hybridized carbons (Fsp3) is 0.296. The lowest BCUT2D eigenvalue weighted by Gasteiger charge is -2.37. The van der Waals surface area contributed by atoms with Gasteiger partial charge in [0.15, 0.2) is 11.5 Å². The Bertz CT molecular complexity index is 1230. The smallest absolute Gasteiger partial charge is 0.315 e. The van der Waals surface area contributed by atoms with Gasteiger partial charge in [0.1, 0.15) is 5.82 Å². The fourth-order valence-electron chi connectivity index (χ4n) is 4.63. The number of urea groups is 1. The maximum atomic E-state index is 13.5. The number of fused-ring (bicyclic) bond motifs is 1. The quantitative estimate of drug-likeness (QED) is 0.519. The van der Waals surface area contributed by atoms with Crippen LogP contribution in [0.4, 0.5) is 14.9 Å². The number of nitrogens with zero attached hydrogens (tertiary/aromatic N) is 1. The second-order valence-electron chi connectivity index (χ2n) is 8.70. The highest BCUT2D eigenvalue weighted by Crippen LogP contribution is 2.42. The van der Waals surface area contributed by atoms with E-state index in [2.05, 4.69) is 12.1 Å². The lowest BCUT2D eigenvalue weighted by atomic mass is 9.85. The molecular formula is C27H30FN3O3. The highest BCUT2D eigenvalue weighted by Gasteiger charge is 2.33. The largest absolute Gasteiger partial charge is 0.493 e. The summed E-state index contributed by atoms with van der Waals surface area (Å²) in [5, 5.41) is 0. The van der Waals surface area contributed by atoms with Crippen LogP contribution in [-0.2, 0) is 12.8 Å². The number of benzene rings is 3. The maximum Gasteiger partial charge on any atom is 0.315 e. The summed E-state index contributed by atoms with van der Waals surface area (Å²) >= 11 is 0. The predicted molar refractivity (Wildman–Crippen MR) is 131 cm³/mol. The minimum Gasteiger partial charge on any atom is -0.493 e. The van der Waals surface area contributed by atoms with Gasteiger partial charge in [-0.05, 0) is 72.4 Å². The van der Waals surface area contributed by atoms with Crippen LogP contribution in [0.3, 0.4) is 0 Å². The molecule has 0 aromatic heterocycles. The van der Waals surface area contributed by atoms with Gasteiger partial charge in [0.2, 0.25) is 0 Å². The Morgan fingerprint density at radius 2 is 1.88 bits per heavy atom. The van der Waals surface area contributed by atoms with Crippen LogP contribution in [-0.4, -0.2) is 31.2 Å². The molecule has 34 heavy (non-hydrogen) atoms. The number of methoxy groups -OCH3 is 1. The molecule has 3 aromatic carbocycles. The van der Waals surface area contributed by atoms with Gasteiger partial charge in [0, 0.05) is 13.0 Å². The van der Waals surface area contributed by atoms with Gasteiger partial charge >= 0.3 is 6.03 Å². The first-order chi connectivity index (χ1) is 16.3.